The number of aromatic hydroxyl groups is 1. The Morgan fingerprint density at radius 2 is 1.41 bits per heavy atom. The van der Waals surface area contributed by atoms with Crippen molar-refractivity contribution in [1.29, 1.82) is 0 Å². The Hall–Kier alpha value is -6.02. The highest BCUT2D eigenvalue weighted by molar-refractivity contribution is 6.22. The summed E-state index contributed by atoms with van der Waals surface area (Å²) in [5.41, 5.74) is 5.79. The molecular weight excluding hydrogens is 638 g/mol. The Morgan fingerprint density at radius 1 is 0.725 bits per heavy atom. The van der Waals surface area contributed by atoms with Crippen molar-refractivity contribution < 1.29 is 24.3 Å². The number of nitrogens with one attached hydrogen (secondary N) is 1. The number of hydrazine groups is 1. The second-order valence-corrected chi connectivity index (χ2v) is 14.2. The molecule has 0 aromatic heterocycles. The molecule has 2 aliphatic heterocycles. The summed E-state index contributed by atoms with van der Waals surface area (Å²) in [4.78, 5) is 60.2. The molecule has 6 atom stereocenters. The van der Waals surface area contributed by atoms with E-state index in [1.165, 1.54) is 4.90 Å². The molecule has 2 aliphatic carbocycles. The molecule has 5 aromatic rings. The molecule has 2 N–H and O–H groups in total. The Labute approximate surface area is 295 Å². The molecule has 8 heteroatoms. The number of carbonyl (C=O) groups is 4. The number of aryl methyl sites for hydroxylation is 1. The van der Waals surface area contributed by atoms with Crippen LogP contribution in [0.15, 0.2) is 133 Å². The average Bonchev–Trinajstić information content (AvgIpc) is 3.54. The Morgan fingerprint density at radius 3 is 2.16 bits per heavy atom. The van der Waals surface area contributed by atoms with Crippen molar-refractivity contribution in [1.82, 2.24) is 5.01 Å². The lowest BCUT2D eigenvalue weighted by Gasteiger charge is -2.51. The minimum absolute atomic E-state index is 0.00126. The van der Waals surface area contributed by atoms with Crippen molar-refractivity contribution >= 4 is 45.8 Å². The number of anilines is 2. The lowest BCUT2D eigenvalue weighted by atomic mass is 9.48. The summed E-state index contributed by atoms with van der Waals surface area (Å²) in [7, 11) is 0. The van der Waals surface area contributed by atoms with E-state index in [-0.39, 0.29) is 24.0 Å². The summed E-state index contributed by atoms with van der Waals surface area (Å²) in [6.07, 6.45) is 2.50. The van der Waals surface area contributed by atoms with Gasteiger partial charge in [0.2, 0.25) is 11.8 Å². The topological polar surface area (TPSA) is 107 Å². The van der Waals surface area contributed by atoms with Crippen LogP contribution in [0, 0.1) is 30.6 Å². The van der Waals surface area contributed by atoms with Gasteiger partial charge in [0.1, 0.15) is 5.75 Å². The smallest absolute Gasteiger partial charge is 0.260 e. The highest BCUT2D eigenvalue weighted by Gasteiger charge is 2.70. The van der Waals surface area contributed by atoms with Crippen LogP contribution in [0.1, 0.15) is 35.4 Å². The quantitative estimate of drug-likeness (QED) is 0.153. The van der Waals surface area contributed by atoms with E-state index >= 15 is 4.79 Å². The number of imide groups is 2. The molecule has 252 valence electrons. The van der Waals surface area contributed by atoms with Crippen LogP contribution in [0.4, 0.5) is 11.4 Å². The molecule has 5 aromatic carbocycles. The average molecular weight is 674 g/mol. The molecule has 0 radical (unpaired) electrons. The number of allylic oxidation sites excluding steroid dienone is 2. The van der Waals surface area contributed by atoms with Crippen molar-refractivity contribution in [3.8, 4) is 5.75 Å². The lowest BCUT2D eigenvalue weighted by Crippen LogP contribution is -2.53. The van der Waals surface area contributed by atoms with Gasteiger partial charge in [0.15, 0.2) is 0 Å². The van der Waals surface area contributed by atoms with Crippen LogP contribution in [0.3, 0.4) is 0 Å². The standard InChI is InChI=1S/C43H35N3O5/c1-25-16-19-28(20-17-25)44-46-40(49)34-24-33-31(21-22-32-36(33)41(50)45(39(32)48)29-13-6-3-7-14-29)38(43(34,42(46)51)27-11-4-2-5-12-27)37-30-15-9-8-10-26(30)18-23-35(37)47/h2-21,23,32-34,36,38,44,47H,22,24H2,1H3. The first-order valence-corrected chi connectivity index (χ1v) is 17.4. The summed E-state index contributed by atoms with van der Waals surface area (Å²) >= 11 is 0. The van der Waals surface area contributed by atoms with Gasteiger partial charge in [-0.3, -0.25) is 29.5 Å². The van der Waals surface area contributed by atoms with Crippen molar-refractivity contribution in [3.63, 3.8) is 0 Å². The lowest BCUT2D eigenvalue weighted by molar-refractivity contribution is -0.138. The van der Waals surface area contributed by atoms with Crippen LogP contribution in [-0.4, -0.2) is 33.7 Å². The van der Waals surface area contributed by atoms with Gasteiger partial charge in [0, 0.05) is 11.5 Å². The molecule has 8 nitrogen and oxygen atoms in total. The molecule has 0 bridgehead atoms. The zero-order chi connectivity index (χ0) is 35.0. The molecule has 51 heavy (non-hydrogen) atoms. The summed E-state index contributed by atoms with van der Waals surface area (Å²) in [6, 6.07) is 37.0. The minimum atomic E-state index is -1.47. The van der Waals surface area contributed by atoms with E-state index < -0.39 is 46.8 Å². The van der Waals surface area contributed by atoms with Crippen molar-refractivity contribution in [2.75, 3.05) is 10.3 Å². The van der Waals surface area contributed by atoms with Gasteiger partial charge in [-0.2, -0.15) is 5.01 Å². The van der Waals surface area contributed by atoms with Gasteiger partial charge in [0.25, 0.3) is 11.8 Å². The van der Waals surface area contributed by atoms with Crippen molar-refractivity contribution in [3.05, 3.63) is 150 Å². The van der Waals surface area contributed by atoms with E-state index in [4.69, 9.17) is 0 Å². The van der Waals surface area contributed by atoms with Crippen LogP contribution in [0.25, 0.3) is 10.8 Å². The molecule has 2 heterocycles. The van der Waals surface area contributed by atoms with Crippen molar-refractivity contribution in [2.24, 2.45) is 23.7 Å². The first-order valence-electron chi connectivity index (χ1n) is 17.4. The third kappa shape index (κ3) is 4.38. The third-order valence-electron chi connectivity index (χ3n) is 11.6. The van der Waals surface area contributed by atoms with E-state index in [2.05, 4.69) is 5.43 Å². The Kier molecular flexibility index (Phi) is 7.00. The van der Waals surface area contributed by atoms with Gasteiger partial charge < -0.3 is 5.11 Å². The predicted molar refractivity (Wildman–Crippen MR) is 193 cm³/mol. The maximum Gasteiger partial charge on any atom is 0.260 e. The zero-order valence-corrected chi connectivity index (χ0v) is 27.9. The van der Waals surface area contributed by atoms with E-state index in [1.54, 1.807) is 30.3 Å². The fourth-order valence-corrected chi connectivity index (χ4v) is 9.48. The molecule has 0 spiro atoms. The van der Waals surface area contributed by atoms with Crippen molar-refractivity contribution in [2.45, 2.75) is 31.1 Å². The first kappa shape index (κ1) is 31.0. The van der Waals surface area contributed by atoms with Gasteiger partial charge in [-0.15, -0.1) is 0 Å². The maximum atomic E-state index is 15.4. The SMILES string of the molecule is Cc1ccc(NN2C(=O)C3CC4C(=CCC5C(=O)N(c6ccccc6)C(=O)C54)C(c4c(O)ccc5ccccc45)C3(c3ccccc3)C2=O)cc1. The van der Waals surface area contributed by atoms with Crippen LogP contribution in [0.5, 0.6) is 5.75 Å². The number of amides is 4. The molecule has 1 saturated carbocycles. The molecule has 3 fully saturated rings. The summed E-state index contributed by atoms with van der Waals surface area (Å²) in [5.74, 6) is -5.00. The second kappa shape index (κ2) is 11.5. The number of carbonyl (C=O) groups excluding carboxylic acids is 4. The van der Waals surface area contributed by atoms with Crippen LogP contribution < -0.4 is 10.3 Å². The number of nitrogens with zero attached hydrogens (tertiary/aromatic N) is 2. The molecule has 2 saturated heterocycles. The molecule has 4 aliphatic rings. The second-order valence-electron chi connectivity index (χ2n) is 14.2. The first-order chi connectivity index (χ1) is 24.8. The fraction of sp³-hybridized carbons (Fsp3) is 0.209. The summed E-state index contributed by atoms with van der Waals surface area (Å²) in [5, 5.41) is 14.7. The summed E-state index contributed by atoms with van der Waals surface area (Å²) < 4.78 is 0. The van der Waals surface area contributed by atoms with E-state index in [0.29, 0.717) is 28.9 Å². The number of rotatable bonds is 5. The van der Waals surface area contributed by atoms with E-state index in [1.807, 2.05) is 104 Å². The van der Waals surface area contributed by atoms with Gasteiger partial charge in [-0.25, -0.2) is 0 Å². The minimum Gasteiger partial charge on any atom is -0.508 e. The van der Waals surface area contributed by atoms with E-state index in [9.17, 15) is 19.5 Å². The van der Waals surface area contributed by atoms with Crippen LogP contribution in [-0.2, 0) is 24.6 Å². The molecule has 9 rings (SSSR count). The summed E-state index contributed by atoms with van der Waals surface area (Å²) in [6.45, 7) is 1.97. The monoisotopic (exact) mass is 673 g/mol. The highest BCUT2D eigenvalue weighted by Crippen LogP contribution is 2.65. The van der Waals surface area contributed by atoms with Gasteiger partial charge in [-0.05, 0) is 72.4 Å². The molecule has 4 amide bonds. The Balaban J connectivity index is 1.29. The number of para-hydroxylation sites is 1. The number of hydrogen-bond acceptors (Lipinski definition) is 6. The van der Waals surface area contributed by atoms with Gasteiger partial charge >= 0.3 is 0 Å². The zero-order valence-electron chi connectivity index (χ0n) is 27.9. The largest absolute Gasteiger partial charge is 0.508 e. The predicted octanol–water partition coefficient (Wildman–Crippen LogP) is 7.04. The number of hydrogen-bond donors (Lipinski definition) is 2. The number of phenols is 1. The number of benzene rings is 5. The number of fused-ring (bicyclic) bond motifs is 5. The number of phenolic OH excluding ortho intramolecular Hbond substituents is 1. The molecule has 6 unspecified atom stereocenters. The highest BCUT2D eigenvalue weighted by atomic mass is 16.3. The van der Waals surface area contributed by atoms with Gasteiger partial charge in [0.05, 0.1) is 34.5 Å². The van der Waals surface area contributed by atoms with Crippen LogP contribution >= 0.6 is 0 Å². The Bertz CT molecular complexity index is 2290. The van der Waals surface area contributed by atoms with Crippen LogP contribution in [0.2, 0.25) is 0 Å². The third-order valence-corrected chi connectivity index (χ3v) is 11.6. The maximum absolute atomic E-state index is 15.4. The van der Waals surface area contributed by atoms with Gasteiger partial charge in [-0.1, -0.05) is 108 Å². The van der Waals surface area contributed by atoms with E-state index in [0.717, 1.165) is 26.9 Å². The molecular formula is C43H35N3O5. The fourth-order valence-electron chi connectivity index (χ4n) is 9.48. The normalized spacial score (nSPS) is 26.9.